The molecule has 1 heterocycles. The molecule has 0 aromatic heterocycles. The number of nitrogens with two attached hydrogens (primary N) is 1. The second-order valence-electron chi connectivity index (χ2n) is 6.73. The Morgan fingerprint density at radius 1 is 1.12 bits per heavy atom. The van der Waals surface area contributed by atoms with E-state index in [1.165, 1.54) is 6.42 Å². The summed E-state index contributed by atoms with van der Waals surface area (Å²) in [6.07, 6.45) is 3.42. The molecule has 0 spiro atoms. The Balaban J connectivity index is 1.96. The fourth-order valence-electron chi connectivity index (χ4n) is 3.26. The van der Waals surface area contributed by atoms with E-state index in [-0.39, 0.29) is 4.90 Å². The second kappa shape index (κ2) is 6.96. The van der Waals surface area contributed by atoms with Crippen molar-refractivity contribution in [3.05, 3.63) is 48.0 Å². The highest BCUT2D eigenvalue weighted by Gasteiger charge is 2.23. The normalized spacial score (nSPS) is 18.2. The third-order valence-corrected chi connectivity index (χ3v) is 6.09. The van der Waals surface area contributed by atoms with E-state index in [4.69, 9.17) is 5.73 Å². The first-order valence-electron chi connectivity index (χ1n) is 8.62. The second-order valence-corrected chi connectivity index (χ2v) is 8.42. The third kappa shape index (κ3) is 3.90. The van der Waals surface area contributed by atoms with E-state index < -0.39 is 10.0 Å². The SMILES string of the molecule is Cc1ccc(S(=O)(=O)Nc2cc(N)ccc2N2CCCC[C@H]2C)cc1. The van der Waals surface area contributed by atoms with Gasteiger partial charge in [-0.15, -0.1) is 0 Å². The van der Waals surface area contributed by atoms with Gasteiger partial charge in [0.2, 0.25) is 0 Å². The van der Waals surface area contributed by atoms with Gasteiger partial charge in [0.15, 0.2) is 0 Å². The van der Waals surface area contributed by atoms with Crippen molar-refractivity contribution in [3.8, 4) is 0 Å². The fraction of sp³-hybridized carbons (Fsp3) is 0.368. The minimum Gasteiger partial charge on any atom is -0.399 e. The van der Waals surface area contributed by atoms with Crippen molar-refractivity contribution < 1.29 is 8.42 Å². The molecule has 0 unspecified atom stereocenters. The van der Waals surface area contributed by atoms with Gasteiger partial charge in [0.05, 0.1) is 16.3 Å². The molecule has 0 amide bonds. The van der Waals surface area contributed by atoms with Crippen molar-refractivity contribution in [2.45, 2.75) is 44.0 Å². The molecule has 5 nitrogen and oxygen atoms in total. The summed E-state index contributed by atoms with van der Waals surface area (Å²) in [6.45, 7) is 5.02. The molecule has 2 aromatic rings. The van der Waals surface area contributed by atoms with Crippen LogP contribution in [-0.2, 0) is 10.0 Å². The molecule has 3 rings (SSSR count). The van der Waals surface area contributed by atoms with Crippen molar-refractivity contribution in [2.24, 2.45) is 0 Å². The van der Waals surface area contributed by atoms with E-state index in [0.717, 1.165) is 30.6 Å². The summed E-state index contributed by atoms with van der Waals surface area (Å²) >= 11 is 0. The summed E-state index contributed by atoms with van der Waals surface area (Å²) in [6, 6.07) is 12.6. The third-order valence-electron chi connectivity index (χ3n) is 4.71. The maximum Gasteiger partial charge on any atom is 0.261 e. The standard InChI is InChI=1S/C19H25N3O2S/c1-14-6-9-17(10-7-14)25(23,24)21-18-13-16(20)8-11-19(18)22-12-4-3-5-15(22)2/h6-11,13,15,21H,3-5,12,20H2,1-2H3/t15-/m1/s1. The Bertz CT molecular complexity index is 847. The van der Waals surface area contributed by atoms with Crippen LogP contribution in [0.3, 0.4) is 0 Å². The first-order chi connectivity index (χ1) is 11.9. The summed E-state index contributed by atoms with van der Waals surface area (Å²) in [4.78, 5) is 2.51. The molecule has 1 fully saturated rings. The number of anilines is 3. The Morgan fingerprint density at radius 2 is 1.84 bits per heavy atom. The van der Waals surface area contributed by atoms with Crippen molar-refractivity contribution >= 4 is 27.1 Å². The molecule has 1 aliphatic heterocycles. The van der Waals surface area contributed by atoms with Crippen LogP contribution in [0.5, 0.6) is 0 Å². The number of sulfonamides is 1. The van der Waals surface area contributed by atoms with Gasteiger partial charge in [-0.05, 0) is 63.4 Å². The van der Waals surface area contributed by atoms with Crippen LogP contribution in [0.25, 0.3) is 0 Å². The van der Waals surface area contributed by atoms with Crippen molar-refractivity contribution in [3.63, 3.8) is 0 Å². The molecular formula is C19H25N3O2S. The Hall–Kier alpha value is -2.21. The van der Waals surface area contributed by atoms with Gasteiger partial charge in [0, 0.05) is 18.3 Å². The summed E-state index contributed by atoms with van der Waals surface area (Å²) in [7, 11) is -3.66. The Labute approximate surface area is 149 Å². The lowest BCUT2D eigenvalue weighted by molar-refractivity contribution is 0.485. The maximum absolute atomic E-state index is 12.8. The zero-order valence-corrected chi connectivity index (χ0v) is 15.5. The number of nitrogen functional groups attached to an aromatic ring is 1. The topological polar surface area (TPSA) is 75.4 Å². The summed E-state index contributed by atoms with van der Waals surface area (Å²) in [5.41, 5.74) is 8.89. The zero-order chi connectivity index (χ0) is 18.0. The minimum absolute atomic E-state index is 0.248. The number of rotatable bonds is 4. The van der Waals surface area contributed by atoms with Gasteiger partial charge >= 0.3 is 0 Å². The van der Waals surface area contributed by atoms with Crippen LogP contribution in [0.1, 0.15) is 31.7 Å². The van der Waals surface area contributed by atoms with Crippen LogP contribution >= 0.6 is 0 Å². The van der Waals surface area contributed by atoms with Crippen molar-refractivity contribution in [1.82, 2.24) is 0 Å². The summed E-state index contributed by atoms with van der Waals surface area (Å²) in [5, 5.41) is 0. The molecule has 1 aliphatic rings. The number of hydrogen-bond acceptors (Lipinski definition) is 4. The van der Waals surface area contributed by atoms with E-state index in [2.05, 4.69) is 16.5 Å². The van der Waals surface area contributed by atoms with Gasteiger partial charge in [-0.2, -0.15) is 0 Å². The molecule has 0 saturated carbocycles. The average molecular weight is 359 g/mol. The summed E-state index contributed by atoms with van der Waals surface area (Å²) < 4.78 is 28.3. The van der Waals surface area contributed by atoms with Crippen molar-refractivity contribution in [1.29, 1.82) is 0 Å². The lowest BCUT2D eigenvalue weighted by atomic mass is 10.0. The van der Waals surface area contributed by atoms with Crippen molar-refractivity contribution in [2.75, 3.05) is 21.9 Å². The van der Waals surface area contributed by atoms with Crippen LogP contribution in [0.15, 0.2) is 47.4 Å². The van der Waals surface area contributed by atoms with Crippen LogP contribution in [0, 0.1) is 6.92 Å². The van der Waals surface area contributed by atoms with E-state index in [1.807, 2.05) is 19.1 Å². The smallest absolute Gasteiger partial charge is 0.261 e. The highest BCUT2D eigenvalue weighted by Crippen LogP contribution is 2.34. The number of aryl methyl sites for hydroxylation is 1. The Morgan fingerprint density at radius 3 is 2.52 bits per heavy atom. The number of nitrogens with zero attached hydrogens (tertiary/aromatic N) is 1. The van der Waals surface area contributed by atoms with E-state index in [9.17, 15) is 8.42 Å². The first-order valence-corrected chi connectivity index (χ1v) is 10.1. The van der Waals surface area contributed by atoms with Gasteiger partial charge in [0.25, 0.3) is 10.0 Å². The highest BCUT2D eigenvalue weighted by molar-refractivity contribution is 7.92. The molecule has 25 heavy (non-hydrogen) atoms. The van der Waals surface area contributed by atoms with Crippen LogP contribution < -0.4 is 15.4 Å². The molecule has 134 valence electrons. The molecule has 0 radical (unpaired) electrons. The largest absolute Gasteiger partial charge is 0.399 e. The maximum atomic E-state index is 12.8. The van der Waals surface area contributed by atoms with Gasteiger partial charge in [-0.1, -0.05) is 17.7 Å². The molecule has 0 aliphatic carbocycles. The molecule has 2 aromatic carbocycles. The molecular weight excluding hydrogens is 334 g/mol. The quantitative estimate of drug-likeness (QED) is 0.815. The predicted octanol–water partition coefficient (Wildman–Crippen LogP) is 3.76. The highest BCUT2D eigenvalue weighted by atomic mass is 32.2. The van der Waals surface area contributed by atoms with Crippen LogP contribution in [0.4, 0.5) is 17.1 Å². The zero-order valence-electron chi connectivity index (χ0n) is 14.7. The lowest BCUT2D eigenvalue weighted by Crippen LogP contribution is -2.38. The van der Waals surface area contributed by atoms with Crippen LogP contribution in [-0.4, -0.2) is 21.0 Å². The number of piperidine rings is 1. The molecule has 1 atom stereocenters. The van der Waals surface area contributed by atoms with E-state index in [0.29, 0.717) is 17.4 Å². The monoisotopic (exact) mass is 359 g/mol. The first kappa shape index (κ1) is 17.6. The average Bonchev–Trinajstić information content (AvgIpc) is 2.56. The lowest BCUT2D eigenvalue weighted by Gasteiger charge is -2.36. The van der Waals surface area contributed by atoms with Gasteiger partial charge < -0.3 is 10.6 Å². The van der Waals surface area contributed by atoms with Crippen LogP contribution in [0.2, 0.25) is 0 Å². The number of benzene rings is 2. The van der Waals surface area contributed by atoms with Gasteiger partial charge in [-0.3, -0.25) is 4.72 Å². The minimum atomic E-state index is -3.66. The fourth-order valence-corrected chi connectivity index (χ4v) is 4.33. The number of nitrogens with one attached hydrogen (secondary N) is 1. The van der Waals surface area contributed by atoms with E-state index in [1.54, 1.807) is 30.3 Å². The van der Waals surface area contributed by atoms with Gasteiger partial charge in [0.1, 0.15) is 0 Å². The molecule has 0 bridgehead atoms. The summed E-state index contributed by atoms with van der Waals surface area (Å²) in [5.74, 6) is 0. The molecule has 6 heteroatoms. The Kier molecular flexibility index (Phi) is 4.90. The van der Waals surface area contributed by atoms with Gasteiger partial charge in [-0.25, -0.2) is 8.42 Å². The predicted molar refractivity (Wildman–Crippen MR) is 104 cm³/mol. The molecule has 3 N–H and O–H groups in total. The number of hydrogen-bond donors (Lipinski definition) is 2. The molecule has 1 saturated heterocycles. The van der Waals surface area contributed by atoms with E-state index >= 15 is 0 Å².